The van der Waals surface area contributed by atoms with Gasteiger partial charge in [0.05, 0.1) is 11.5 Å². The van der Waals surface area contributed by atoms with Gasteiger partial charge in [0.15, 0.2) is 6.23 Å². The van der Waals surface area contributed by atoms with Crippen molar-refractivity contribution in [3.63, 3.8) is 0 Å². The highest BCUT2D eigenvalue weighted by molar-refractivity contribution is 5.70. The van der Waals surface area contributed by atoms with E-state index >= 15 is 0 Å². The van der Waals surface area contributed by atoms with Gasteiger partial charge in [0, 0.05) is 50.5 Å². The van der Waals surface area contributed by atoms with Crippen molar-refractivity contribution < 1.29 is 19.1 Å². The van der Waals surface area contributed by atoms with Crippen LogP contribution in [0.1, 0.15) is 45.6 Å². The lowest BCUT2D eigenvalue weighted by molar-refractivity contribution is -0.228. The van der Waals surface area contributed by atoms with Gasteiger partial charge in [-0.25, -0.2) is 0 Å². The molecule has 0 radical (unpaired) electrons. The van der Waals surface area contributed by atoms with Gasteiger partial charge >= 0.3 is 11.9 Å². The first kappa shape index (κ1) is 18.7. The molecular formula is C24H30N2O4. The number of hydrogen-bond acceptors (Lipinski definition) is 6. The van der Waals surface area contributed by atoms with E-state index in [9.17, 15) is 9.59 Å². The molecule has 5 bridgehead atoms. The lowest BCUT2D eigenvalue weighted by Gasteiger charge is -2.62. The third-order valence-electron chi connectivity index (χ3n) is 8.98. The van der Waals surface area contributed by atoms with E-state index in [0.29, 0.717) is 29.8 Å². The van der Waals surface area contributed by atoms with Crippen LogP contribution in [0.4, 0.5) is 5.69 Å². The fourth-order valence-electron chi connectivity index (χ4n) is 8.49. The summed E-state index contributed by atoms with van der Waals surface area (Å²) in [6.45, 7) is 5.26. The number of esters is 2. The summed E-state index contributed by atoms with van der Waals surface area (Å²) >= 11 is 0. The molecule has 6 heteroatoms. The maximum Gasteiger partial charge on any atom is 0.304 e. The number of carbonyl (C=O) groups excluding carboxylic acids is 2. The molecule has 1 aromatic rings. The summed E-state index contributed by atoms with van der Waals surface area (Å²) < 4.78 is 12.2. The van der Waals surface area contributed by atoms with Crippen LogP contribution in [0.5, 0.6) is 0 Å². The first-order chi connectivity index (χ1) is 14.4. The van der Waals surface area contributed by atoms with E-state index in [1.807, 2.05) is 0 Å². The standard InChI is InChI=1S/C24H30N2O4/c1-5-14-15-10-18-21-24(16-8-6-7-9-17(16)25(21)4)11-19(20(15)22(24)29-12(2)27)26(18)23(14)30-13(3)28/h6-9,14-15,18-23H,5,10-11H2,1-4H3/t14-,15-,18-,19-,20+,21+,22+,23+,24?/m1/s1. The van der Waals surface area contributed by atoms with E-state index in [0.717, 1.165) is 19.3 Å². The van der Waals surface area contributed by atoms with Crippen LogP contribution >= 0.6 is 0 Å². The van der Waals surface area contributed by atoms with Crippen molar-refractivity contribution in [1.82, 2.24) is 4.90 Å². The zero-order valence-electron chi connectivity index (χ0n) is 18.1. The third kappa shape index (κ3) is 1.99. The van der Waals surface area contributed by atoms with Gasteiger partial charge in [-0.2, -0.15) is 0 Å². The number of hydrogen-bond donors (Lipinski definition) is 0. The van der Waals surface area contributed by atoms with Crippen LogP contribution in [0.25, 0.3) is 0 Å². The summed E-state index contributed by atoms with van der Waals surface area (Å²) in [7, 11) is 2.18. The number of likely N-dealkylation sites (N-methyl/N-ethyl adjacent to an activating group) is 1. The highest BCUT2D eigenvalue weighted by Gasteiger charge is 2.78. The SMILES string of the molecule is CC[C@@H]1[C@H]2C[C@@H]3[C@@H]4N(C)c5ccccc5C45C[C@H]([C@H]2[C@@H]5OC(C)=O)N3[C@H]1OC(C)=O. The summed E-state index contributed by atoms with van der Waals surface area (Å²) in [5.74, 6) is 0.608. The van der Waals surface area contributed by atoms with Gasteiger partial charge in [-0.05, 0) is 36.8 Å². The highest BCUT2D eigenvalue weighted by Crippen LogP contribution is 2.69. The van der Waals surface area contributed by atoms with Crippen LogP contribution in [0.15, 0.2) is 24.3 Å². The van der Waals surface area contributed by atoms with Crippen LogP contribution in [0, 0.1) is 17.8 Å². The largest absolute Gasteiger partial charge is 0.461 e. The minimum atomic E-state index is -0.203. The number of nitrogens with zero attached hydrogens (tertiary/aromatic N) is 2. The predicted octanol–water partition coefficient (Wildman–Crippen LogP) is 2.70. The Morgan fingerprint density at radius 2 is 1.87 bits per heavy atom. The van der Waals surface area contributed by atoms with E-state index in [-0.39, 0.29) is 35.7 Å². The minimum Gasteiger partial charge on any atom is -0.461 e. The molecule has 30 heavy (non-hydrogen) atoms. The fraction of sp³-hybridized carbons (Fsp3) is 0.667. The van der Waals surface area contributed by atoms with Crippen molar-refractivity contribution in [2.24, 2.45) is 17.8 Å². The van der Waals surface area contributed by atoms with E-state index in [1.54, 1.807) is 6.92 Å². The maximum atomic E-state index is 12.3. The Bertz CT molecular complexity index is 934. The van der Waals surface area contributed by atoms with Gasteiger partial charge in [-0.15, -0.1) is 0 Å². The Labute approximate surface area is 177 Å². The van der Waals surface area contributed by atoms with Crippen LogP contribution < -0.4 is 4.90 Å². The number of benzene rings is 1. The molecule has 0 amide bonds. The Morgan fingerprint density at radius 1 is 1.13 bits per heavy atom. The molecule has 5 heterocycles. The second-order valence-electron chi connectivity index (χ2n) is 9.98. The first-order valence-electron chi connectivity index (χ1n) is 11.3. The molecule has 0 aromatic heterocycles. The highest BCUT2D eigenvalue weighted by atomic mass is 16.6. The molecule has 7 rings (SSSR count). The molecule has 5 aliphatic heterocycles. The summed E-state index contributed by atoms with van der Waals surface area (Å²) in [5.41, 5.74) is 2.41. The normalized spacial score (nSPS) is 46.5. The summed E-state index contributed by atoms with van der Waals surface area (Å²) in [6.07, 6.45) is 2.72. The molecule has 10 atom stereocenters. The Morgan fingerprint density at radius 3 is 2.57 bits per heavy atom. The predicted molar refractivity (Wildman–Crippen MR) is 111 cm³/mol. The number of para-hydroxylation sites is 1. The van der Waals surface area contributed by atoms with Gasteiger partial charge in [-0.1, -0.05) is 25.1 Å². The number of ether oxygens (including phenoxy) is 2. The monoisotopic (exact) mass is 410 g/mol. The minimum absolute atomic E-state index is 0.122. The zero-order valence-corrected chi connectivity index (χ0v) is 18.1. The second kappa shape index (κ2) is 6.00. The summed E-state index contributed by atoms with van der Waals surface area (Å²) in [4.78, 5) is 29.2. The molecule has 1 saturated carbocycles. The zero-order chi connectivity index (χ0) is 20.9. The summed E-state index contributed by atoms with van der Waals surface area (Å²) in [6, 6.07) is 9.46. The van der Waals surface area contributed by atoms with Crippen molar-refractivity contribution in [1.29, 1.82) is 0 Å². The average molecular weight is 411 g/mol. The number of piperidine rings is 4. The van der Waals surface area contributed by atoms with Crippen molar-refractivity contribution in [3.8, 4) is 0 Å². The fourth-order valence-corrected chi connectivity index (χ4v) is 8.49. The molecule has 6 aliphatic rings. The van der Waals surface area contributed by atoms with E-state index in [2.05, 4.69) is 48.0 Å². The molecular weight excluding hydrogens is 380 g/mol. The Kier molecular flexibility index (Phi) is 3.73. The molecule has 5 fully saturated rings. The lowest BCUT2D eigenvalue weighted by atomic mass is 9.62. The maximum absolute atomic E-state index is 12.3. The van der Waals surface area contributed by atoms with Crippen LogP contribution in [-0.4, -0.2) is 54.3 Å². The van der Waals surface area contributed by atoms with Gasteiger partial charge in [-0.3, -0.25) is 14.5 Å². The van der Waals surface area contributed by atoms with Crippen LogP contribution in [0.3, 0.4) is 0 Å². The van der Waals surface area contributed by atoms with Gasteiger partial charge in [0.25, 0.3) is 0 Å². The van der Waals surface area contributed by atoms with Crippen molar-refractivity contribution in [2.75, 3.05) is 11.9 Å². The molecule has 0 N–H and O–H groups in total. The van der Waals surface area contributed by atoms with E-state index in [1.165, 1.54) is 18.2 Å². The van der Waals surface area contributed by atoms with Gasteiger partial charge in [0.2, 0.25) is 0 Å². The van der Waals surface area contributed by atoms with Crippen molar-refractivity contribution in [2.45, 2.75) is 75.9 Å². The topological polar surface area (TPSA) is 59.1 Å². The second-order valence-corrected chi connectivity index (χ2v) is 9.98. The van der Waals surface area contributed by atoms with Gasteiger partial charge < -0.3 is 14.4 Å². The van der Waals surface area contributed by atoms with Crippen LogP contribution in [-0.2, 0) is 24.5 Å². The van der Waals surface area contributed by atoms with Crippen molar-refractivity contribution >= 4 is 17.6 Å². The molecule has 4 saturated heterocycles. The molecule has 160 valence electrons. The Hall–Kier alpha value is -2.08. The van der Waals surface area contributed by atoms with E-state index < -0.39 is 0 Å². The Balaban J connectivity index is 1.56. The number of carbonyl (C=O) groups is 2. The molecule has 6 nitrogen and oxygen atoms in total. The third-order valence-corrected chi connectivity index (χ3v) is 8.98. The van der Waals surface area contributed by atoms with Crippen molar-refractivity contribution in [3.05, 3.63) is 29.8 Å². The number of fused-ring (bicyclic) bond motifs is 2. The number of rotatable bonds is 3. The van der Waals surface area contributed by atoms with Gasteiger partial charge in [0.1, 0.15) is 6.10 Å². The molecule has 2 unspecified atom stereocenters. The lowest BCUT2D eigenvalue weighted by Crippen LogP contribution is -2.73. The molecule has 1 aromatic carbocycles. The molecule has 1 aliphatic carbocycles. The van der Waals surface area contributed by atoms with E-state index in [4.69, 9.17) is 9.47 Å². The molecule has 1 spiro atoms. The number of anilines is 1. The average Bonchev–Trinajstić information content (AvgIpc) is 3.10. The van der Waals surface area contributed by atoms with Crippen LogP contribution in [0.2, 0.25) is 0 Å². The first-order valence-corrected chi connectivity index (χ1v) is 11.3. The quantitative estimate of drug-likeness (QED) is 0.714. The summed E-state index contributed by atoms with van der Waals surface area (Å²) in [5, 5.41) is 0. The smallest absolute Gasteiger partial charge is 0.304 e.